The van der Waals surface area contributed by atoms with E-state index in [4.69, 9.17) is 4.74 Å². The van der Waals surface area contributed by atoms with Crippen molar-refractivity contribution in [3.05, 3.63) is 77.5 Å². The lowest BCUT2D eigenvalue weighted by Crippen LogP contribution is -2.47. The van der Waals surface area contributed by atoms with Crippen molar-refractivity contribution in [1.29, 1.82) is 5.26 Å². The molecular formula is C28H31N5O2. The van der Waals surface area contributed by atoms with Gasteiger partial charge < -0.3 is 9.30 Å². The third-order valence-electron chi connectivity index (χ3n) is 7.44. The Balaban J connectivity index is 1.22. The van der Waals surface area contributed by atoms with E-state index in [0.717, 1.165) is 74.6 Å². The minimum Gasteiger partial charge on any atom is -0.379 e. The number of rotatable bonds is 6. The van der Waals surface area contributed by atoms with Crippen LogP contribution in [0.1, 0.15) is 52.9 Å². The molecule has 1 aliphatic heterocycles. The van der Waals surface area contributed by atoms with Crippen molar-refractivity contribution in [2.75, 3.05) is 26.3 Å². The number of pyridine rings is 2. The zero-order valence-electron chi connectivity index (χ0n) is 20.2. The van der Waals surface area contributed by atoms with Gasteiger partial charge in [0.15, 0.2) is 5.78 Å². The standard InChI is InChI=1S/C28H31N5O2/c1-21-6-10-30-27(16-21)33-11-7-23(19-33)25(34)17-22-2-3-26(31-18-22)28(20-29)8-4-24(5-9-28)32-12-14-35-15-13-32/h2-3,6-7,10-11,16,18-19,24H,4-5,8-9,12-15,17H2,1H3. The lowest BCUT2D eigenvalue weighted by atomic mass is 9.71. The van der Waals surface area contributed by atoms with Gasteiger partial charge >= 0.3 is 0 Å². The van der Waals surface area contributed by atoms with Crippen LogP contribution < -0.4 is 0 Å². The monoisotopic (exact) mass is 469 g/mol. The molecule has 0 bridgehead atoms. The third-order valence-corrected chi connectivity index (χ3v) is 7.44. The van der Waals surface area contributed by atoms with Crippen LogP contribution in [0.15, 0.2) is 55.1 Å². The molecule has 7 nitrogen and oxygen atoms in total. The average molecular weight is 470 g/mol. The molecule has 180 valence electrons. The molecule has 2 fully saturated rings. The van der Waals surface area contributed by atoms with Crippen LogP contribution in [0.4, 0.5) is 0 Å². The van der Waals surface area contributed by atoms with E-state index in [1.165, 1.54) is 0 Å². The van der Waals surface area contributed by atoms with Gasteiger partial charge in [-0.05, 0) is 68.0 Å². The zero-order chi connectivity index (χ0) is 24.3. The van der Waals surface area contributed by atoms with Crippen molar-refractivity contribution >= 4 is 5.78 Å². The summed E-state index contributed by atoms with van der Waals surface area (Å²) >= 11 is 0. The molecule has 0 amide bonds. The molecule has 0 spiro atoms. The minimum absolute atomic E-state index is 0.0342. The highest BCUT2D eigenvalue weighted by molar-refractivity contribution is 5.97. The Morgan fingerprint density at radius 2 is 1.97 bits per heavy atom. The Morgan fingerprint density at radius 1 is 1.17 bits per heavy atom. The van der Waals surface area contributed by atoms with Gasteiger partial charge in [-0.3, -0.25) is 14.7 Å². The predicted molar refractivity (Wildman–Crippen MR) is 133 cm³/mol. The molecule has 4 heterocycles. The van der Waals surface area contributed by atoms with Gasteiger partial charge in [0.25, 0.3) is 0 Å². The largest absolute Gasteiger partial charge is 0.379 e. The number of nitriles is 1. The van der Waals surface area contributed by atoms with E-state index in [9.17, 15) is 10.1 Å². The van der Waals surface area contributed by atoms with E-state index < -0.39 is 5.41 Å². The normalized spacial score (nSPS) is 23.0. The van der Waals surface area contributed by atoms with E-state index in [1.54, 1.807) is 12.4 Å². The van der Waals surface area contributed by atoms with E-state index in [-0.39, 0.29) is 12.2 Å². The summed E-state index contributed by atoms with van der Waals surface area (Å²) < 4.78 is 7.35. The van der Waals surface area contributed by atoms with Crippen LogP contribution in [0, 0.1) is 18.3 Å². The summed E-state index contributed by atoms with van der Waals surface area (Å²) in [6, 6.07) is 12.8. The zero-order valence-corrected chi connectivity index (χ0v) is 20.2. The molecule has 0 N–H and O–H groups in total. The van der Waals surface area contributed by atoms with Crippen molar-refractivity contribution in [3.63, 3.8) is 0 Å². The van der Waals surface area contributed by atoms with Crippen LogP contribution in [0.5, 0.6) is 0 Å². The van der Waals surface area contributed by atoms with Crippen molar-refractivity contribution in [1.82, 2.24) is 19.4 Å². The molecule has 0 aromatic carbocycles. The second kappa shape index (κ2) is 10.1. The van der Waals surface area contributed by atoms with Gasteiger partial charge in [0, 0.05) is 55.9 Å². The van der Waals surface area contributed by atoms with Crippen molar-refractivity contribution in [3.8, 4) is 11.9 Å². The molecule has 35 heavy (non-hydrogen) atoms. The first-order valence-corrected chi connectivity index (χ1v) is 12.4. The van der Waals surface area contributed by atoms with Crippen LogP contribution in [0.3, 0.4) is 0 Å². The molecule has 1 saturated carbocycles. The van der Waals surface area contributed by atoms with Gasteiger partial charge in [-0.15, -0.1) is 0 Å². The smallest absolute Gasteiger partial charge is 0.168 e. The number of hydrogen-bond donors (Lipinski definition) is 0. The van der Waals surface area contributed by atoms with Crippen molar-refractivity contribution in [2.24, 2.45) is 0 Å². The molecule has 0 radical (unpaired) electrons. The topological polar surface area (TPSA) is 84.0 Å². The highest BCUT2D eigenvalue weighted by Gasteiger charge is 2.40. The molecule has 0 unspecified atom stereocenters. The molecule has 3 aromatic heterocycles. The lowest BCUT2D eigenvalue weighted by molar-refractivity contribution is 0.00493. The van der Waals surface area contributed by atoms with Gasteiger partial charge in [0.05, 0.1) is 30.4 Å². The van der Waals surface area contributed by atoms with Gasteiger partial charge in [-0.25, -0.2) is 4.98 Å². The number of carbonyl (C=O) groups excluding carboxylic acids is 1. The number of ether oxygens (including phenoxy) is 1. The third kappa shape index (κ3) is 5.04. The number of carbonyl (C=O) groups is 1. The number of aromatic nitrogens is 3. The quantitative estimate of drug-likeness (QED) is 0.507. The number of Topliss-reactive ketones (excluding diaryl/α,β-unsaturated/α-hetero) is 1. The highest BCUT2D eigenvalue weighted by atomic mass is 16.5. The Kier molecular flexibility index (Phi) is 6.76. The van der Waals surface area contributed by atoms with Gasteiger partial charge in [-0.1, -0.05) is 6.07 Å². The number of nitrogens with zero attached hydrogens (tertiary/aromatic N) is 5. The first-order valence-electron chi connectivity index (χ1n) is 12.4. The molecule has 5 rings (SSSR count). The Labute approximate surface area is 206 Å². The van der Waals surface area contributed by atoms with Crippen LogP contribution in [0.25, 0.3) is 5.82 Å². The summed E-state index contributed by atoms with van der Waals surface area (Å²) in [5.41, 5.74) is 2.91. The first kappa shape index (κ1) is 23.4. The van der Waals surface area contributed by atoms with Gasteiger partial charge in [-0.2, -0.15) is 5.26 Å². The van der Waals surface area contributed by atoms with E-state index in [1.807, 2.05) is 54.2 Å². The Bertz CT molecular complexity index is 1210. The Morgan fingerprint density at radius 3 is 2.66 bits per heavy atom. The highest BCUT2D eigenvalue weighted by Crippen LogP contribution is 2.39. The fraction of sp³-hybridized carbons (Fsp3) is 0.429. The van der Waals surface area contributed by atoms with E-state index >= 15 is 0 Å². The average Bonchev–Trinajstić information content (AvgIpc) is 3.41. The molecule has 0 atom stereocenters. The van der Waals surface area contributed by atoms with Crippen LogP contribution in [-0.2, 0) is 16.6 Å². The maximum Gasteiger partial charge on any atom is 0.168 e. The first-order chi connectivity index (χ1) is 17.1. The summed E-state index contributed by atoms with van der Waals surface area (Å²) in [5.74, 6) is 0.826. The summed E-state index contributed by atoms with van der Waals surface area (Å²) in [5, 5.41) is 10.1. The van der Waals surface area contributed by atoms with Crippen LogP contribution in [-0.4, -0.2) is 57.6 Å². The summed E-state index contributed by atoms with van der Waals surface area (Å²) in [6.45, 7) is 5.58. The second-order valence-electron chi connectivity index (χ2n) is 9.72. The van der Waals surface area contributed by atoms with E-state index in [0.29, 0.717) is 11.6 Å². The van der Waals surface area contributed by atoms with E-state index in [2.05, 4.69) is 20.9 Å². The minimum atomic E-state index is -0.538. The van der Waals surface area contributed by atoms with Gasteiger partial charge in [0.1, 0.15) is 5.82 Å². The number of hydrogen-bond acceptors (Lipinski definition) is 6. The van der Waals surface area contributed by atoms with Crippen molar-refractivity contribution < 1.29 is 9.53 Å². The molecule has 7 heteroatoms. The summed E-state index contributed by atoms with van der Waals surface area (Å²) in [6.07, 6.45) is 11.1. The fourth-order valence-corrected chi connectivity index (χ4v) is 5.29. The maximum atomic E-state index is 12.9. The van der Waals surface area contributed by atoms with Crippen LogP contribution >= 0.6 is 0 Å². The molecule has 2 aliphatic rings. The molecule has 1 saturated heterocycles. The summed E-state index contributed by atoms with van der Waals surface area (Å²) in [4.78, 5) is 24.4. The fourth-order valence-electron chi connectivity index (χ4n) is 5.29. The number of morpholine rings is 1. The lowest BCUT2D eigenvalue weighted by Gasteiger charge is -2.41. The molecule has 3 aromatic rings. The SMILES string of the molecule is Cc1ccnc(-n2ccc(C(=O)Cc3ccc(C4(C#N)CCC(N5CCOCC5)CC4)nc3)c2)c1. The molecular weight excluding hydrogens is 438 g/mol. The van der Waals surface area contributed by atoms with Crippen LogP contribution in [0.2, 0.25) is 0 Å². The maximum absolute atomic E-state index is 12.9. The number of ketones is 1. The molecule has 1 aliphatic carbocycles. The predicted octanol–water partition coefficient (Wildman–Crippen LogP) is 4.04. The Hall–Kier alpha value is -3.34. The second-order valence-corrected chi connectivity index (χ2v) is 9.72. The number of aryl methyl sites for hydroxylation is 1. The summed E-state index contributed by atoms with van der Waals surface area (Å²) in [7, 11) is 0. The van der Waals surface area contributed by atoms with Gasteiger partial charge in [0.2, 0.25) is 0 Å². The van der Waals surface area contributed by atoms with Crippen molar-refractivity contribution in [2.45, 2.75) is 50.5 Å².